The molecule has 1 aromatic carbocycles. The third kappa shape index (κ3) is 4.15. The molecule has 0 radical (unpaired) electrons. The van der Waals surface area contributed by atoms with Crippen LogP contribution in [0.15, 0.2) is 30.5 Å². The summed E-state index contributed by atoms with van der Waals surface area (Å²) in [6.45, 7) is 2.87. The van der Waals surface area contributed by atoms with Crippen LogP contribution in [0.1, 0.15) is 12.5 Å². The standard InChI is InChI=1S/C14H15F2N3O/c1-2-20-13-4-6-18-14(19-13)17-5-3-10-7-11(15)9-12(16)8-10/h4,6-9H,2-3,5H2,1H3,(H,17,18,19). The fourth-order valence-electron chi connectivity index (χ4n) is 1.73. The second kappa shape index (κ2) is 6.79. The Morgan fingerprint density at radius 3 is 2.65 bits per heavy atom. The van der Waals surface area contributed by atoms with Gasteiger partial charge in [-0.2, -0.15) is 4.98 Å². The summed E-state index contributed by atoms with van der Waals surface area (Å²) in [7, 11) is 0. The molecule has 0 saturated heterocycles. The summed E-state index contributed by atoms with van der Waals surface area (Å²) in [5.41, 5.74) is 0.580. The molecule has 0 amide bonds. The zero-order valence-electron chi connectivity index (χ0n) is 11.1. The number of halogens is 2. The predicted molar refractivity (Wildman–Crippen MR) is 71.8 cm³/mol. The minimum atomic E-state index is -0.574. The van der Waals surface area contributed by atoms with E-state index in [1.165, 1.54) is 12.1 Å². The van der Waals surface area contributed by atoms with Crippen LogP contribution in [0.5, 0.6) is 5.88 Å². The first kappa shape index (κ1) is 14.2. The number of benzene rings is 1. The van der Waals surface area contributed by atoms with Crippen LogP contribution in [0.3, 0.4) is 0 Å². The molecule has 0 saturated carbocycles. The zero-order chi connectivity index (χ0) is 14.4. The Morgan fingerprint density at radius 2 is 1.95 bits per heavy atom. The van der Waals surface area contributed by atoms with Gasteiger partial charge < -0.3 is 10.1 Å². The van der Waals surface area contributed by atoms with Gasteiger partial charge in [0.15, 0.2) is 0 Å². The van der Waals surface area contributed by atoms with E-state index in [4.69, 9.17) is 4.74 Å². The molecule has 1 aromatic heterocycles. The normalized spacial score (nSPS) is 10.3. The largest absolute Gasteiger partial charge is 0.478 e. The molecule has 0 aliphatic heterocycles. The van der Waals surface area contributed by atoms with Crippen molar-refractivity contribution >= 4 is 5.95 Å². The van der Waals surface area contributed by atoms with Crippen molar-refractivity contribution in [3.8, 4) is 5.88 Å². The Hall–Kier alpha value is -2.24. The van der Waals surface area contributed by atoms with E-state index in [0.717, 1.165) is 6.07 Å². The molecule has 6 heteroatoms. The van der Waals surface area contributed by atoms with E-state index >= 15 is 0 Å². The fourth-order valence-corrected chi connectivity index (χ4v) is 1.73. The van der Waals surface area contributed by atoms with E-state index < -0.39 is 11.6 Å². The molecule has 2 aromatic rings. The summed E-state index contributed by atoms with van der Waals surface area (Å²) in [6, 6.07) is 5.13. The van der Waals surface area contributed by atoms with Gasteiger partial charge in [0.2, 0.25) is 11.8 Å². The van der Waals surface area contributed by atoms with Gasteiger partial charge in [-0.25, -0.2) is 13.8 Å². The van der Waals surface area contributed by atoms with Crippen molar-refractivity contribution in [2.75, 3.05) is 18.5 Å². The van der Waals surface area contributed by atoms with E-state index in [0.29, 0.717) is 37.0 Å². The second-order valence-electron chi connectivity index (χ2n) is 4.11. The summed E-state index contributed by atoms with van der Waals surface area (Å²) in [5, 5.41) is 2.98. The van der Waals surface area contributed by atoms with Crippen molar-refractivity contribution < 1.29 is 13.5 Å². The molecule has 0 spiro atoms. The molecule has 0 atom stereocenters. The van der Waals surface area contributed by atoms with Gasteiger partial charge >= 0.3 is 0 Å². The second-order valence-corrected chi connectivity index (χ2v) is 4.11. The SMILES string of the molecule is CCOc1ccnc(NCCc2cc(F)cc(F)c2)n1. The quantitative estimate of drug-likeness (QED) is 0.883. The number of ether oxygens (including phenoxy) is 1. The highest BCUT2D eigenvalue weighted by atomic mass is 19.1. The highest BCUT2D eigenvalue weighted by Gasteiger charge is 2.02. The number of aromatic nitrogens is 2. The van der Waals surface area contributed by atoms with Crippen LogP contribution in [0.2, 0.25) is 0 Å². The van der Waals surface area contributed by atoms with Crippen LogP contribution >= 0.6 is 0 Å². The molecule has 0 bridgehead atoms. The molecule has 20 heavy (non-hydrogen) atoms. The van der Waals surface area contributed by atoms with Gasteiger partial charge in [-0.1, -0.05) is 0 Å². The van der Waals surface area contributed by atoms with Gasteiger partial charge in [0.25, 0.3) is 0 Å². The van der Waals surface area contributed by atoms with Crippen LogP contribution in [-0.4, -0.2) is 23.1 Å². The molecule has 2 rings (SSSR count). The van der Waals surface area contributed by atoms with Crippen molar-refractivity contribution in [2.24, 2.45) is 0 Å². The zero-order valence-corrected chi connectivity index (χ0v) is 11.1. The van der Waals surface area contributed by atoms with Gasteiger partial charge in [-0.05, 0) is 31.0 Å². The molecule has 0 fully saturated rings. The van der Waals surface area contributed by atoms with Crippen molar-refractivity contribution in [2.45, 2.75) is 13.3 Å². The Morgan fingerprint density at radius 1 is 1.20 bits per heavy atom. The molecular weight excluding hydrogens is 264 g/mol. The van der Waals surface area contributed by atoms with Crippen LogP contribution in [-0.2, 0) is 6.42 Å². The summed E-state index contributed by atoms with van der Waals surface area (Å²) in [5.74, 6) is -0.237. The van der Waals surface area contributed by atoms with Crippen molar-refractivity contribution in [1.82, 2.24) is 9.97 Å². The van der Waals surface area contributed by atoms with E-state index in [1.54, 1.807) is 12.3 Å². The minimum Gasteiger partial charge on any atom is -0.478 e. The van der Waals surface area contributed by atoms with Gasteiger partial charge in [-0.15, -0.1) is 0 Å². The lowest BCUT2D eigenvalue weighted by Gasteiger charge is -2.07. The average Bonchev–Trinajstić information content (AvgIpc) is 2.38. The number of rotatable bonds is 6. The van der Waals surface area contributed by atoms with Gasteiger partial charge in [0, 0.05) is 24.9 Å². The van der Waals surface area contributed by atoms with Gasteiger partial charge in [0.05, 0.1) is 6.61 Å². The number of hydrogen-bond donors (Lipinski definition) is 1. The maximum Gasteiger partial charge on any atom is 0.225 e. The molecule has 106 valence electrons. The molecular formula is C14H15F2N3O. The lowest BCUT2D eigenvalue weighted by atomic mass is 10.1. The number of nitrogens with zero attached hydrogens (tertiary/aromatic N) is 2. The van der Waals surface area contributed by atoms with Crippen LogP contribution in [0.25, 0.3) is 0 Å². The topological polar surface area (TPSA) is 47.0 Å². The maximum absolute atomic E-state index is 13.0. The number of hydrogen-bond acceptors (Lipinski definition) is 4. The molecule has 0 unspecified atom stereocenters. The van der Waals surface area contributed by atoms with Gasteiger partial charge in [-0.3, -0.25) is 0 Å². The Bertz CT molecular complexity index is 558. The van der Waals surface area contributed by atoms with Crippen LogP contribution in [0.4, 0.5) is 14.7 Å². The van der Waals surface area contributed by atoms with Crippen molar-refractivity contribution in [1.29, 1.82) is 0 Å². The summed E-state index contributed by atoms with van der Waals surface area (Å²) in [4.78, 5) is 8.17. The first-order valence-electron chi connectivity index (χ1n) is 6.32. The van der Waals surface area contributed by atoms with E-state index in [2.05, 4.69) is 15.3 Å². The monoisotopic (exact) mass is 279 g/mol. The maximum atomic E-state index is 13.0. The van der Waals surface area contributed by atoms with E-state index in [1.807, 2.05) is 6.92 Å². The average molecular weight is 279 g/mol. The summed E-state index contributed by atoms with van der Waals surface area (Å²) in [6.07, 6.45) is 2.05. The number of nitrogens with one attached hydrogen (secondary N) is 1. The van der Waals surface area contributed by atoms with Crippen LogP contribution < -0.4 is 10.1 Å². The highest BCUT2D eigenvalue weighted by Crippen LogP contribution is 2.10. The Labute approximate surface area is 115 Å². The lowest BCUT2D eigenvalue weighted by molar-refractivity contribution is 0.326. The predicted octanol–water partition coefficient (Wildman–Crippen LogP) is 2.81. The fraction of sp³-hybridized carbons (Fsp3) is 0.286. The summed E-state index contributed by atoms with van der Waals surface area (Å²) >= 11 is 0. The molecule has 0 aliphatic carbocycles. The third-order valence-corrected chi connectivity index (χ3v) is 2.54. The molecule has 4 nitrogen and oxygen atoms in total. The summed E-state index contributed by atoms with van der Waals surface area (Å²) < 4.78 is 31.3. The Balaban J connectivity index is 1.90. The number of anilines is 1. The minimum absolute atomic E-state index is 0.424. The van der Waals surface area contributed by atoms with E-state index in [9.17, 15) is 8.78 Å². The third-order valence-electron chi connectivity index (χ3n) is 2.54. The molecule has 1 heterocycles. The first-order valence-corrected chi connectivity index (χ1v) is 6.32. The van der Waals surface area contributed by atoms with Crippen LogP contribution in [0, 0.1) is 11.6 Å². The van der Waals surface area contributed by atoms with Gasteiger partial charge in [0.1, 0.15) is 11.6 Å². The molecule has 1 N–H and O–H groups in total. The lowest BCUT2D eigenvalue weighted by Crippen LogP contribution is -2.09. The van der Waals surface area contributed by atoms with Crippen molar-refractivity contribution in [3.05, 3.63) is 47.7 Å². The first-order chi connectivity index (χ1) is 9.67. The Kier molecular flexibility index (Phi) is 4.81. The van der Waals surface area contributed by atoms with E-state index in [-0.39, 0.29) is 0 Å². The highest BCUT2D eigenvalue weighted by molar-refractivity contribution is 5.28. The van der Waals surface area contributed by atoms with Crippen molar-refractivity contribution in [3.63, 3.8) is 0 Å². The molecule has 0 aliphatic rings. The smallest absolute Gasteiger partial charge is 0.225 e.